The summed E-state index contributed by atoms with van der Waals surface area (Å²) in [6.45, 7) is 8.88. The van der Waals surface area contributed by atoms with Crippen LogP contribution in [0.15, 0.2) is 12.4 Å². The van der Waals surface area contributed by atoms with Gasteiger partial charge in [0, 0.05) is 25.3 Å². The number of carbonyl (C=O) groups is 1. The highest BCUT2D eigenvalue weighted by atomic mass is 16.5. The number of rotatable bonds is 10. The van der Waals surface area contributed by atoms with Crippen LogP contribution in [0.3, 0.4) is 0 Å². The van der Waals surface area contributed by atoms with E-state index in [1.54, 1.807) is 10.9 Å². The highest BCUT2D eigenvalue weighted by Gasteiger charge is 2.61. The number of ether oxygens (including phenoxy) is 1. The first kappa shape index (κ1) is 25.4. The molecular formula is C28H43N3O3. The molecular weight excluding hydrogens is 426 g/mol. The fraction of sp³-hybridized carbons (Fsp3) is 0.821. The summed E-state index contributed by atoms with van der Waals surface area (Å²) < 4.78 is 7.80. The van der Waals surface area contributed by atoms with Crippen LogP contribution in [-0.4, -0.2) is 40.5 Å². The van der Waals surface area contributed by atoms with Crippen LogP contribution in [0.25, 0.3) is 0 Å². The maximum Gasteiger partial charge on any atom is 0.157 e. The molecule has 3 aliphatic carbocycles. The smallest absolute Gasteiger partial charge is 0.157 e. The average molecular weight is 470 g/mol. The summed E-state index contributed by atoms with van der Waals surface area (Å²) in [5.41, 5.74) is 0.712. The van der Waals surface area contributed by atoms with Gasteiger partial charge in [0.2, 0.25) is 0 Å². The zero-order valence-electron chi connectivity index (χ0n) is 21.3. The molecule has 3 saturated carbocycles. The number of hydrogen-bond donors (Lipinski definition) is 1. The van der Waals surface area contributed by atoms with E-state index in [1.165, 1.54) is 25.5 Å². The van der Waals surface area contributed by atoms with E-state index in [2.05, 4.69) is 31.9 Å². The fourth-order valence-electron chi connectivity index (χ4n) is 8.69. The van der Waals surface area contributed by atoms with Gasteiger partial charge in [0.05, 0.1) is 24.9 Å². The summed E-state index contributed by atoms with van der Waals surface area (Å²) in [6, 6.07) is 2.10. The third-order valence-corrected chi connectivity index (χ3v) is 10.2. The second-order valence-electron chi connectivity index (χ2n) is 11.4. The lowest BCUT2D eigenvalue weighted by Gasteiger charge is -2.60. The van der Waals surface area contributed by atoms with Gasteiger partial charge < -0.3 is 9.84 Å². The standard InChI is InChI=1S/C28H43N3O3/c1-4-21-7-8-22-23-9-10-25(26(33)18-31-17-20(15-29)16-30-31)27(23,3)13-11-24(22)28(21,12-6-14-32)19-34-5-2/h16-17,21-25,32H,4-14,18-19H2,1-3H3/t21-,22-,23-,24-,25+,27-,28+/m0/s1. The van der Waals surface area contributed by atoms with E-state index in [0.29, 0.717) is 29.2 Å². The van der Waals surface area contributed by atoms with Crippen molar-refractivity contribution in [3.8, 4) is 6.07 Å². The van der Waals surface area contributed by atoms with Gasteiger partial charge in [-0.2, -0.15) is 10.4 Å². The zero-order valence-corrected chi connectivity index (χ0v) is 21.3. The SMILES string of the molecule is CCOC[C@]1(CCCO)[C@@H](CC)CC[C@H]2[C@@H]3CC[C@H](C(=O)Cn4cc(C#N)cn4)[C@@]3(C)CC[C@@H]21. The van der Waals surface area contributed by atoms with Crippen LogP contribution in [-0.2, 0) is 16.1 Å². The van der Waals surface area contributed by atoms with E-state index in [9.17, 15) is 9.90 Å². The van der Waals surface area contributed by atoms with Crippen LogP contribution < -0.4 is 0 Å². The van der Waals surface area contributed by atoms with E-state index in [4.69, 9.17) is 10.00 Å². The molecule has 1 N–H and O–H groups in total. The first-order chi connectivity index (χ1) is 16.4. The number of nitrogens with zero attached hydrogens (tertiary/aromatic N) is 3. The highest BCUT2D eigenvalue weighted by molar-refractivity contribution is 5.82. The number of hydrogen-bond acceptors (Lipinski definition) is 5. The Labute approximate surface area is 205 Å². The van der Waals surface area contributed by atoms with Crippen LogP contribution in [0.1, 0.15) is 84.1 Å². The molecule has 0 saturated heterocycles. The monoisotopic (exact) mass is 469 g/mol. The summed E-state index contributed by atoms with van der Waals surface area (Å²) in [5, 5.41) is 23.0. The van der Waals surface area contributed by atoms with Gasteiger partial charge in [-0.25, -0.2) is 0 Å². The minimum atomic E-state index is 0.0524. The first-order valence-electron chi connectivity index (χ1n) is 13.6. The van der Waals surface area contributed by atoms with Crippen molar-refractivity contribution in [1.29, 1.82) is 5.26 Å². The summed E-state index contributed by atoms with van der Waals surface area (Å²) >= 11 is 0. The summed E-state index contributed by atoms with van der Waals surface area (Å²) in [7, 11) is 0. The fourth-order valence-corrected chi connectivity index (χ4v) is 8.69. The molecule has 4 rings (SSSR count). The molecule has 6 heteroatoms. The van der Waals surface area contributed by atoms with Crippen LogP contribution in [0.5, 0.6) is 0 Å². The molecule has 1 heterocycles. The molecule has 3 fully saturated rings. The Hall–Kier alpha value is -1.71. The molecule has 0 spiro atoms. The van der Waals surface area contributed by atoms with Crippen LogP contribution >= 0.6 is 0 Å². The van der Waals surface area contributed by atoms with Crippen molar-refractivity contribution in [1.82, 2.24) is 9.78 Å². The van der Waals surface area contributed by atoms with Gasteiger partial charge in [0.1, 0.15) is 6.07 Å². The van der Waals surface area contributed by atoms with Gasteiger partial charge in [-0.05, 0) is 92.8 Å². The number of ketones is 1. The Morgan fingerprint density at radius 3 is 2.76 bits per heavy atom. The number of aliphatic hydroxyl groups excluding tert-OH is 1. The van der Waals surface area contributed by atoms with Crippen molar-refractivity contribution < 1.29 is 14.6 Å². The van der Waals surface area contributed by atoms with Crippen molar-refractivity contribution in [3.05, 3.63) is 18.0 Å². The van der Waals surface area contributed by atoms with E-state index in [-0.39, 0.29) is 35.7 Å². The minimum absolute atomic E-state index is 0.0524. The van der Waals surface area contributed by atoms with Crippen molar-refractivity contribution in [3.63, 3.8) is 0 Å². The second kappa shape index (κ2) is 10.5. The Bertz CT molecular complexity index is 882. The lowest BCUT2D eigenvalue weighted by atomic mass is 9.45. The Balaban J connectivity index is 1.56. The lowest BCUT2D eigenvalue weighted by molar-refractivity contribution is -0.147. The Kier molecular flexibility index (Phi) is 7.84. The van der Waals surface area contributed by atoms with Crippen molar-refractivity contribution in [2.75, 3.05) is 19.8 Å². The predicted octanol–water partition coefficient (Wildman–Crippen LogP) is 5.00. The number of carbonyl (C=O) groups excluding carboxylic acids is 1. The van der Waals surface area contributed by atoms with Gasteiger partial charge >= 0.3 is 0 Å². The molecule has 0 aliphatic heterocycles. The zero-order chi connectivity index (χ0) is 24.3. The van der Waals surface area contributed by atoms with Crippen LogP contribution in [0, 0.1) is 51.8 Å². The minimum Gasteiger partial charge on any atom is -0.396 e. The topological polar surface area (TPSA) is 88.1 Å². The molecule has 1 aromatic rings. The summed E-state index contributed by atoms with van der Waals surface area (Å²) in [6.07, 6.45) is 13.2. The average Bonchev–Trinajstić information content (AvgIpc) is 3.44. The summed E-state index contributed by atoms with van der Waals surface area (Å²) in [4.78, 5) is 13.4. The molecule has 1 aromatic heterocycles. The third kappa shape index (κ3) is 4.35. The molecule has 0 aromatic carbocycles. The normalized spacial score (nSPS) is 37.1. The maximum absolute atomic E-state index is 13.4. The van der Waals surface area contributed by atoms with Crippen molar-refractivity contribution >= 4 is 5.78 Å². The molecule has 34 heavy (non-hydrogen) atoms. The van der Waals surface area contributed by atoms with E-state index < -0.39 is 0 Å². The van der Waals surface area contributed by atoms with Gasteiger partial charge in [-0.1, -0.05) is 20.3 Å². The van der Waals surface area contributed by atoms with E-state index in [1.807, 2.05) is 0 Å². The molecule has 6 nitrogen and oxygen atoms in total. The number of fused-ring (bicyclic) bond motifs is 3. The van der Waals surface area contributed by atoms with Gasteiger partial charge in [0.15, 0.2) is 5.78 Å². The number of aliphatic hydroxyl groups is 1. The van der Waals surface area contributed by atoms with E-state index in [0.717, 1.165) is 51.7 Å². The largest absolute Gasteiger partial charge is 0.396 e. The lowest BCUT2D eigenvalue weighted by Crippen LogP contribution is -2.55. The maximum atomic E-state index is 13.4. The molecule has 0 bridgehead atoms. The predicted molar refractivity (Wildman–Crippen MR) is 131 cm³/mol. The third-order valence-electron chi connectivity index (χ3n) is 10.2. The molecule has 0 unspecified atom stereocenters. The quantitative estimate of drug-likeness (QED) is 0.521. The van der Waals surface area contributed by atoms with Gasteiger partial charge in [0.25, 0.3) is 0 Å². The van der Waals surface area contributed by atoms with Gasteiger partial charge in [-0.15, -0.1) is 0 Å². The van der Waals surface area contributed by atoms with Crippen LogP contribution in [0.2, 0.25) is 0 Å². The molecule has 7 atom stereocenters. The second-order valence-corrected chi connectivity index (χ2v) is 11.4. The van der Waals surface area contributed by atoms with Crippen molar-refractivity contribution in [2.24, 2.45) is 40.4 Å². The molecule has 0 radical (unpaired) electrons. The molecule has 0 amide bonds. The number of Topliss-reactive ketones (excluding diaryl/α,β-unsaturated/α-hetero) is 1. The van der Waals surface area contributed by atoms with E-state index >= 15 is 0 Å². The van der Waals surface area contributed by atoms with Crippen molar-refractivity contribution in [2.45, 2.75) is 85.1 Å². The molecule has 3 aliphatic rings. The Morgan fingerprint density at radius 1 is 1.26 bits per heavy atom. The highest BCUT2D eigenvalue weighted by Crippen LogP contribution is 2.66. The van der Waals surface area contributed by atoms with Gasteiger partial charge in [-0.3, -0.25) is 9.48 Å². The van der Waals surface area contributed by atoms with Crippen LogP contribution in [0.4, 0.5) is 0 Å². The summed E-state index contributed by atoms with van der Waals surface area (Å²) in [5.74, 6) is 2.87. The number of nitriles is 1. The first-order valence-corrected chi connectivity index (χ1v) is 13.6. The Morgan fingerprint density at radius 2 is 2.09 bits per heavy atom. The molecule has 188 valence electrons. The number of aromatic nitrogens is 2.